The van der Waals surface area contributed by atoms with Crippen LogP contribution in [0.4, 0.5) is 0 Å². The maximum absolute atomic E-state index is 11.1. The zero-order chi connectivity index (χ0) is 22.5. The Morgan fingerprint density at radius 2 is 1.34 bits per heavy atom. The molecule has 0 radical (unpaired) electrons. The van der Waals surface area contributed by atoms with E-state index in [9.17, 15) is 4.79 Å². The number of benzene rings is 2. The molecule has 0 bridgehead atoms. The van der Waals surface area contributed by atoms with Crippen molar-refractivity contribution >= 4 is 11.9 Å². The Hall–Kier alpha value is -2.41. The SMILES string of the molecule is C/C=C(C)/C=C/c1ccccc1.CC.CC.CCC(=O)Cc1ccc(CC)cc1. The molecule has 0 N–H and O–H groups in total. The van der Waals surface area contributed by atoms with Crippen LogP contribution in [0.2, 0.25) is 0 Å². The van der Waals surface area contributed by atoms with Gasteiger partial charge in [0.2, 0.25) is 0 Å². The molecule has 0 amide bonds. The molecule has 0 aliphatic heterocycles. The summed E-state index contributed by atoms with van der Waals surface area (Å²) in [4.78, 5) is 11.1. The van der Waals surface area contributed by atoms with E-state index in [1.807, 2.05) is 71.9 Å². The first-order chi connectivity index (χ1) is 14.1. The summed E-state index contributed by atoms with van der Waals surface area (Å²) in [6.07, 6.45) is 8.61. The molecule has 0 aliphatic carbocycles. The van der Waals surface area contributed by atoms with Gasteiger partial charge in [-0.15, -0.1) is 0 Å². The molecule has 29 heavy (non-hydrogen) atoms. The Bertz CT molecular complexity index is 676. The lowest BCUT2D eigenvalue weighted by Gasteiger charge is -2.00. The van der Waals surface area contributed by atoms with Crippen LogP contribution in [0.25, 0.3) is 6.08 Å². The Balaban J connectivity index is 0. The standard InChI is InChI=1S/C12H16O.C12H14.2C2H6/c1-3-10-5-7-11(8-6-10)9-12(13)4-2;1-3-11(2)9-10-12-7-5-4-6-8-12;2*1-2/h5-8H,3-4,9H2,1-2H3;3-10H,1-2H3;2*1-2H3/b;10-9+,11-3+;;. The highest BCUT2D eigenvalue weighted by atomic mass is 16.1. The molecule has 2 rings (SSSR count). The van der Waals surface area contributed by atoms with E-state index in [1.54, 1.807) is 0 Å². The monoisotopic (exact) mass is 394 g/mol. The Labute approximate surface area is 180 Å². The van der Waals surface area contributed by atoms with Gasteiger partial charge in [-0.05, 0) is 37.0 Å². The van der Waals surface area contributed by atoms with Gasteiger partial charge >= 0.3 is 0 Å². The van der Waals surface area contributed by atoms with Gasteiger partial charge in [0.25, 0.3) is 0 Å². The Morgan fingerprint density at radius 3 is 1.79 bits per heavy atom. The lowest BCUT2D eigenvalue weighted by Crippen LogP contribution is -1.99. The molecule has 0 spiro atoms. The molecule has 0 aliphatic rings. The molecule has 0 atom stereocenters. The van der Waals surface area contributed by atoms with Crippen molar-refractivity contribution in [1.82, 2.24) is 0 Å². The minimum atomic E-state index is 0.309. The maximum atomic E-state index is 11.1. The molecule has 1 nitrogen and oxygen atoms in total. The first-order valence-electron chi connectivity index (χ1n) is 11.0. The fraction of sp³-hybridized carbons (Fsp3) is 0.393. The number of Topliss-reactive ketones (excluding diaryl/α,β-unsaturated/α-hetero) is 1. The van der Waals surface area contributed by atoms with Crippen molar-refractivity contribution < 1.29 is 4.79 Å². The average molecular weight is 395 g/mol. The number of aryl methyl sites for hydroxylation is 1. The van der Waals surface area contributed by atoms with E-state index < -0.39 is 0 Å². The highest BCUT2D eigenvalue weighted by Gasteiger charge is 1.99. The molecule has 0 heterocycles. The number of hydrogen-bond donors (Lipinski definition) is 0. The summed E-state index contributed by atoms with van der Waals surface area (Å²) in [7, 11) is 0. The van der Waals surface area contributed by atoms with Gasteiger partial charge < -0.3 is 0 Å². The van der Waals surface area contributed by atoms with Crippen LogP contribution in [-0.4, -0.2) is 5.78 Å². The van der Waals surface area contributed by atoms with Gasteiger partial charge in [-0.1, -0.05) is 120 Å². The number of rotatable bonds is 6. The third-order valence-corrected chi connectivity index (χ3v) is 4.02. The second kappa shape index (κ2) is 20.3. The first-order valence-corrected chi connectivity index (χ1v) is 11.0. The van der Waals surface area contributed by atoms with E-state index in [1.165, 1.54) is 16.7 Å². The molecule has 0 unspecified atom stereocenters. The number of ketones is 1. The van der Waals surface area contributed by atoms with Crippen molar-refractivity contribution in [2.24, 2.45) is 0 Å². The smallest absolute Gasteiger partial charge is 0.136 e. The van der Waals surface area contributed by atoms with Gasteiger partial charge in [0.05, 0.1) is 0 Å². The van der Waals surface area contributed by atoms with Crippen molar-refractivity contribution in [3.8, 4) is 0 Å². The van der Waals surface area contributed by atoms with Gasteiger partial charge in [0.15, 0.2) is 0 Å². The second-order valence-electron chi connectivity index (χ2n) is 6.02. The Kier molecular flexibility index (Phi) is 20.2. The van der Waals surface area contributed by atoms with Crippen molar-refractivity contribution in [1.29, 1.82) is 0 Å². The van der Waals surface area contributed by atoms with Crippen LogP contribution in [0.3, 0.4) is 0 Å². The number of carbonyl (C=O) groups excluding carboxylic acids is 1. The van der Waals surface area contributed by atoms with Crippen molar-refractivity contribution in [2.75, 3.05) is 0 Å². The van der Waals surface area contributed by atoms with E-state index in [0.29, 0.717) is 18.6 Å². The molecule has 0 saturated heterocycles. The van der Waals surface area contributed by atoms with E-state index in [-0.39, 0.29) is 0 Å². The lowest BCUT2D eigenvalue weighted by atomic mass is 10.0. The van der Waals surface area contributed by atoms with Gasteiger partial charge in [0, 0.05) is 12.8 Å². The summed E-state index contributed by atoms with van der Waals surface area (Å²) >= 11 is 0. The van der Waals surface area contributed by atoms with Gasteiger partial charge in [-0.25, -0.2) is 0 Å². The second-order valence-corrected chi connectivity index (χ2v) is 6.02. The van der Waals surface area contributed by atoms with Gasteiger partial charge in [-0.3, -0.25) is 4.79 Å². The molecular weight excluding hydrogens is 352 g/mol. The topological polar surface area (TPSA) is 17.1 Å². The third kappa shape index (κ3) is 15.2. The molecule has 2 aromatic rings. The average Bonchev–Trinajstić information content (AvgIpc) is 2.81. The predicted octanol–water partition coefficient (Wildman–Crippen LogP) is 8.49. The number of carbonyl (C=O) groups is 1. The summed E-state index contributed by atoms with van der Waals surface area (Å²) in [5, 5.41) is 0. The fourth-order valence-electron chi connectivity index (χ4n) is 2.13. The molecule has 160 valence electrons. The van der Waals surface area contributed by atoms with Gasteiger partial charge in [0.1, 0.15) is 5.78 Å². The highest BCUT2D eigenvalue weighted by Crippen LogP contribution is 2.06. The third-order valence-electron chi connectivity index (χ3n) is 4.02. The first kappa shape index (κ1) is 28.8. The predicted molar refractivity (Wildman–Crippen MR) is 132 cm³/mol. The summed E-state index contributed by atoms with van der Waals surface area (Å²) in [6, 6.07) is 18.6. The maximum Gasteiger partial charge on any atom is 0.136 e. The van der Waals surface area contributed by atoms with E-state index in [2.05, 4.69) is 56.3 Å². The number of allylic oxidation sites excluding steroid dienone is 3. The van der Waals surface area contributed by atoms with E-state index in [4.69, 9.17) is 0 Å². The molecular formula is C28H42O. The molecule has 1 heteroatoms. The van der Waals surface area contributed by atoms with Crippen LogP contribution in [0.15, 0.2) is 72.3 Å². The quantitative estimate of drug-likeness (QED) is 0.449. The van der Waals surface area contributed by atoms with Crippen LogP contribution in [0.5, 0.6) is 0 Å². The van der Waals surface area contributed by atoms with Crippen LogP contribution in [-0.2, 0) is 17.6 Å². The summed E-state index contributed by atoms with van der Waals surface area (Å²) < 4.78 is 0. The van der Waals surface area contributed by atoms with Crippen LogP contribution in [0, 0.1) is 0 Å². The highest BCUT2D eigenvalue weighted by molar-refractivity contribution is 5.80. The van der Waals surface area contributed by atoms with Crippen LogP contribution < -0.4 is 0 Å². The zero-order valence-corrected chi connectivity index (χ0v) is 20.0. The largest absolute Gasteiger partial charge is 0.299 e. The van der Waals surface area contributed by atoms with Crippen molar-refractivity contribution in [2.45, 2.75) is 74.7 Å². The summed E-state index contributed by atoms with van der Waals surface area (Å²) in [6.45, 7) is 16.2. The van der Waals surface area contributed by atoms with E-state index in [0.717, 1.165) is 12.0 Å². The fourth-order valence-corrected chi connectivity index (χ4v) is 2.13. The van der Waals surface area contributed by atoms with E-state index >= 15 is 0 Å². The number of hydrogen-bond acceptors (Lipinski definition) is 1. The summed E-state index contributed by atoms with van der Waals surface area (Å²) in [5.74, 6) is 0.309. The van der Waals surface area contributed by atoms with Crippen molar-refractivity contribution in [3.63, 3.8) is 0 Å². The normalized spacial score (nSPS) is 10.0. The summed E-state index contributed by atoms with van der Waals surface area (Å²) in [5.41, 5.74) is 4.99. The minimum absolute atomic E-state index is 0.309. The van der Waals surface area contributed by atoms with Crippen LogP contribution in [0.1, 0.15) is 78.5 Å². The Morgan fingerprint density at radius 1 is 0.828 bits per heavy atom. The molecule has 0 fully saturated rings. The minimum Gasteiger partial charge on any atom is -0.299 e. The van der Waals surface area contributed by atoms with Gasteiger partial charge in [-0.2, -0.15) is 0 Å². The lowest BCUT2D eigenvalue weighted by molar-refractivity contribution is -0.118. The molecule has 0 aromatic heterocycles. The molecule has 2 aromatic carbocycles. The van der Waals surface area contributed by atoms with Crippen molar-refractivity contribution in [3.05, 3.63) is 89.0 Å². The molecule has 0 saturated carbocycles. The van der Waals surface area contributed by atoms with Crippen LogP contribution >= 0.6 is 0 Å². The zero-order valence-electron chi connectivity index (χ0n) is 20.0.